The summed E-state index contributed by atoms with van der Waals surface area (Å²) in [6, 6.07) is 2.99. The number of halogens is 2. The third kappa shape index (κ3) is 3.61. The highest BCUT2D eigenvalue weighted by atomic mass is 35.5. The summed E-state index contributed by atoms with van der Waals surface area (Å²) in [4.78, 5) is 26.8. The molecule has 5 nitrogen and oxygen atoms in total. The van der Waals surface area contributed by atoms with E-state index in [1.807, 2.05) is 0 Å². The zero-order valence-electron chi connectivity index (χ0n) is 10.6. The van der Waals surface area contributed by atoms with Crippen molar-refractivity contribution in [1.29, 1.82) is 0 Å². The SMILES string of the molecule is O=C(NC1CCC(C(=O)O)CC1)c1nc(Cl)ccc1Cl. The average Bonchev–Trinajstić information content (AvgIpc) is 2.42. The molecular formula is C13H14Cl2N2O3. The number of carboxylic acids is 1. The summed E-state index contributed by atoms with van der Waals surface area (Å²) in [7, 11) is 0. The number of rotatable bonds is 3. The van der Waals surface area contributed by atoms with E-state index in [4.69, 9.17) is 28.3 Å². The maximum absolute atomic E-state index is 12.1. The summed E-state index contributed by atoms with van der Waals surface area (Å²) in [5.41, 5.74) is 0.0968. The van der Waals surface area contributed by atoms with Crippen LogP contribution >= 0.6 is 23.2 Å². The van der Waals surface area contributed by atoms with Crippen molar-refractivity contribution in [1.82, 2.24) is 10.3 Å². The number of hydrogen-bond donors (Lipinski definition) is 2. The van der Waals surface area contributed by atoms with Gasteiger partial charge in [-0.15, -0.1) is 0 Å². The van der Waals surface area contributed by atoms with Crippen LogP contribution in [0.1, 0.15) is 36.2 Å². The molecule has 108 valence electrons. The van der Waals surface area contributed by atoms with Gasteiger partial charge in [-0.05, 0) is 37.8 Å². The predicted molar refractivity (Wildman–Crippen MR) is 75.1 cm³/mol. The normalized spacial score (nSPS) is 22.3. The van der Waals surface area contributed by atoms with Gasteiger partial charge in [0.25, 0.3) is 5.91 Å². The lowest BCUT2D eigenvalue weighted by Gasteiger charge is -2.26. The Balaban J connectivity index is 1.96. The second kappa shape index (κ2) is 6.41. The summed E-state index contributed by atoms with van der Waals surface area (Å²) in [6.45, 7) is 0. The fourth-order valence-corrected chi connectivity index (χ4v) is 2.65. The van der Waals surface area contributed by atoms with Gasteiger partial charge in [-0.3, -0.25) is 9.59 Å². The van der Waals surface area contributed by atoms with E-state index < -0.39 is 5.97 Å². The number of carbonyl (C=O) groups is 2. The summed E-state index contributed by atoms with van der Waals surface area (Å²) < 4.78 is 0. The van der Waals surface area contributed by atoms with Crippen LogP contribution in [0.15, 0.2) is 12.1 Å². The number of carbonyl (C=O) groups excluding carboxylic acids is 1. The Morgan fingerprint density at radius 1 is 1.20 bits per heavy atom. The van der Waals surface area contributed by atoms with Crippen molar-refractivity contribution in [2.45, 2.75) is 31.7 Å². The second-order valence-corrected chi connectivity index (χ2v) is 5.62. The Hall–Kier alpha value is -1.33. The molecule has 0 bridgehead atoms. The average molecular weight is 317 g/mol. The molecule has 1 aromatic heterocycles. The van der Waals surface area contributed by atoms with E-state index in [1.54, 1.807) is 0 Å². The van der Waals surface area contributed by atoms with Gasteiger partial charge < -0.3 is 10.4 Å². The minimum atomic E-state index is -0.769. The third-order valence-corrected chi connectivity index (χ3v) is 3.95. The van der Waals surface area contributed by atoms with Crippen LogP contribution in [0.4, 0.5) is 0 Å². The largest absolute Gasteiger partial charge is 0.481 e. The smallest absolute Gasteiger partial charge is 0.306 e. The fourth-order valence-electron chi connectivity index (χ4n) is 2.32. The topological polar surface area (TPSA) is 79.3 Å². The lowest BCUT2D eigenvalue weighted by Crippen LogP contribution is -2.39. The molecule has 0 aromatic carbocycles. The van der Waals surface area contributed by atoms with Gasteiger partial charge in [0.05, 0.1) is 10.9 Å². The zero-order chi connectivity index (χ0) is 14.7. The molecule has 2 N–H and O–H groups in total. The summed E-state index contributed by atoms with van der Waals surface area (Å²) >= 11 is 11.7. The van der Waals surface area contributed by atoms with E-state index in [0.717, 1.165) is 0 Å². The molecule has 0 aliphatic heterocycles. The standard InChI is InChI=1S/C13H14Cl2N2O3/c14-9-5-6-10(15)17-11(9)12(18)16-8-3-1-7(2-4-8)13(19)20/h5-8H,1-4H2,(H,16,18)(H,19,20). The Morgan fingerprint density at radius 3 is 2.45 bits per heavy atom. The molecule has 1 aromatic rings. The highest BCUT2D eigenvalue weighted by Gasteiger charge is 2.27. The van der Waals surface area contributed by atoms with E-state index in [9.17, 15) is 9.59 Å². The molecule has 0 radical (unpaired) electrons. The van der Waals surface area contributed by atoms with Gasteiger partial charge in [0.2, 0.25) is 0 Å². The number of aliphatic carboxylic acids is 1. The minimum Gasteiger partial charge on any atom is -0.481 e. The fraction of sp³-hybridized carbons (Fsp3) is 0.462. The zero-order valence-corrected chi connectivity index (χ0v) is 12.1. The lowest BCUT2D eigenvalue weighted by molar-refractivity contribution is -0.142. The highest BCUT2D eigenvalue weighted by Crippen LogP contribution is 2.25. The molecule has 20 heavy (non-hydrogen) atoms. The number of pyridine rings is 1. The van der Waals surface area contributed by atoms with E-state index in [0.29, 0.717) is 25.7 Å². The van der Waals surface area contributed by atoms with Gasteiger partial charge in [0.15, 0.2) is 0 Å². The van der Waals surface area contributed by atoms with E-state index in [1.165, 1.54) is 12.1 Å². The molecule has 0 unspecified atom stereocenters. The molecule has 1 aliphatic carbocycles. The lowest BCUT2D eigenvalue weighted by atomic mass is 9.86. The van der Waals surface area contributed by atoms with Gasteiger partial charge in [0.1, 0.15) is 10.8 Å². The Labute approximate surface area is 126 Å². The summed E-state index contributed by atoms with van der Waals surface area (Å²) in [5.74, 6) is -1.46. The molecule has 1 amide bonds. The molecular weight excluding hydrogens is 303 g/mol. The van der Waals surface area contributed by atoms with Crippen LogP contribution in [-0.4, -0.2) is 28.0 Å². The van der Waals surface area contributed by atoms with Crippen LogP contribution in [-0.2, 0) is 4.79 Å². The monoisotopic (exact) mass is 316 g/mol. The summed E-state index contributed by atoms with van der Waals surface area (Å²) in [5, 5.41) is 12.2. The molecule has 1 aliphatic rings. The highest BCUT2D eigenvalue weighted by molar-refractivity contribution is 6.34. The van der Waals surface area contributed by atoms with E-state index >= 15 is 0 Å². The van der Waals surface area contributed by atoms with Crippen LogP contribution in [0, 0.1) is 5.92 Å². The van der Waals surface area contributed by atoms with Gasteiger partial charge in [-0.25, -0.2) is 4.98 Å². The maximum Gasteiger partial charge on any atom is 0.306 e. The van der Waals surface area contributed by atoms with Crippen LogP contribution in [0.3, 0.4) is 0 Å². The van der Waals surface area contributed by atoms with Crippen molar-refractivity contribution in [2.75, 3.05) is 0 Å². The first kappa shape index (κ1) is 15.1. The van der Waals surface area contributed by atoms with Gasteiger partial charge in [0, 0.05) is 6.04 Å². The second-order valence-electron chi connectivity index (χ2n) is 4.82. The van der Waals surface area contributed by atoms with Crippen molar-refractivity contribution in [3.63, 3.8) is 0 Å². The van der Waals surface area contributed by atoms with Crippen molar-refractivity contribution in [3.8, 4) is 0 Å². The molecule has 1 heterocycles. The number of carboxylic acid groups (broad SMARTS) is 1. The minimum absolute atomic E-state index is 0.0463. The van der Waals surface area contributed by atoms with Gasteiger partial charge in [-0.2, -0.15) is 0 Å². The van der Waals surface area contributed by atoms with Crippen molar-refractivity contribution < 1.29 is 14.7 Å². The van der Waals surface area contributed by atoms with Gasteiger partial charge in [-0.1, -0.05) is 23.2 Å². The Bertz CT molecular complexity index is 528. The molecule has 0 saturated heterocycles. The quantitative estimate of drug-likeness (QED) is 0.840. The Kier molecular flexibility index (Phi) is 4.83. The molecule has 2 rings (SSSR count). The van der Waals surface area contributed by atoms with Gasteiger partial charge >= 0.3 is 5.97 Å². The van der Waals surface area contributed by atoms with Crippen molar-refractivity contribution in [3.05, 3.63) is 28.0 Å². The third-order valence-electron chi connectivity index (χ3n) is 3.44. The summed E-state index contributed by atoms with van der Waals surface area (Å²) in [6.07, 6.45) is 2.41. The molecule has 1 saturated carbocycles. The van der Waals surface area contributed by atoms with E-state index in [2.05, 4.69) is 10.3 Å². The molecule has 0 atom stereocenters. The van der Waals surface area contributed by atoms with E-state index in [-0.39, 0.29) is 33.7 Å². The van der Waals surface area contributed by atoms with Crippen molar-refractivity contribution in [2.24, 2.45) is 5.92 Å². The predicted octanol–water partition coefficient (Wildman–Crippen LogP) is 2.76. The van der Waals surface area contributed by atoms with Crippen LogP contribution in [0.2, 0.25) is 10.2 Å². The maximum atomic E-state index is 12.1. The first-order chi connectivity index (χ1) is 9.47. The molecule has 1 fully saturated rings. The number of nitrogens with zero attached hydrogens (tertiary/aromatic N) is 1. The number of hydrogen-bond acceptors (Lipinski definition) is 3. The first-order valence-electron chi connectivity index (χ1n) is 6.33. The number of amides is 1. The molecule has 0 spiro atoms. The van der Waals surface area contributed by atoms with Crippen LogP contribution in [0.25, 0.3) is 0 Å². The Morgan fingerprint density at radius 2 is 1.85 bits per heavy atom. The number of nitrogens with one attached hydrogen (secondary N) is 1. The van der Waals surface area contributed by atoms with Crippen molar-refractivity contribution >= 4 is 35.1 Å². The van der Waals surface area contributed by atoms with Crippen LogP contribution < -0.4 is 5.32 Å². The number of aromatic nitrogens is 1. The van der Waals surface area contributed by atoms with Crippen LogP contribution in [0.5, 0.6) is 0 Å². The first-order valence-corrected chi connectivity index (χ1v) is 7.08. The molecule has 7 heteroatoms.